The lowest BCUT2D eigenvalue weighted by atomic mass is 9.49. The van der Waals surface area contributed by atoms with Crippen LogP contribution < -0.4 is 5.32 Å². The molecule has 6 saturated heterocycles. The molecule has 26 nitrogen and oxygen atoms in total. The number of rotatable bonds is 14. The van der Waals surface area contributed by atoms with E-state index in [9.17, 15) is 50.3 Å². The van der Waals surface area contributed by atoms with Gasteiger partial charge in [-0.25, -0.2) is 9.59 Å². The summed E-state index contributed by atoms with van der Waals surface area (Å²) < 4.78 is 81.8. The number of amides is 1. The summed E-state index contributed by atoms with van der Waals surface area (Å²) in [6.45, 7) is 20.9. The van der Waals surface area contributed by atoms with E-state index < -0.39 is 211 Å². The minimum atomic E-state index is -2.05. The number of esters is 2. The number of ether oxygens (including phenoxy) is 13. The van der Waals surface area contributed by atoms with E-state index in [0.717, 1.165) is 5.57 Å². The number of allylic oxidation sites excluding steroid dienone is 3. The van der Waals surface area contributed by atoms with E-state index >= 15 is 4.79 Å². The zero-order valence-corrected chi connectivity index (χ0v) is 55.9. The van der Waals surface area contributed by atoms with Gasteiger partial charge in [0.1, 0.15) is 23.5 Å². The van der Waals surface area contributed by atoms with Crippen molar-refractivity contribution in [1.29, 1.82) is 0 Å². The van der Waals surface area contributed by atoms with Crippen LogP contribution in [0.4, 0.5) is 4.79 Å². The molecular formula is C67H101N2O24-. The zero-order valence-electron chi connectivity index (χ0n) is 55.9. The number of carbonyl (C=O) groups is 4. The highest BCUT2D eigenvalue weighted by atomic mass is 16.8. The molecule has 4 aliphatic carbocycles. The van der Waals surface area contributed by atoms with Gasteiger partial charge in [-0.3, -0.25) is 14.8 Å². The van der Waals surface area contributed by atoms with E-state index in [1.165, 1.54) is 21.0 Å². The van der Waals surface area contributed by atoms with Gasteiger partial charge >= 0.3 is 18.0 Å². The van der Waals surface area contributed by atoms with Crippen molar-refractivity contribution in [1.82, 2.24) is 10.5 Å². The van der Waals surface area contributed by atoms with E-state index in [-0.39, 0.29) is 55.6 Å². The van der Waals surface area contributed by atoms with Crippen molar-refractivity contribution in [2.45, 2.75) is 288 Å². The second-order valence-corrected chi connectivity index (χ2v) is 28.8. The number of aliphatic hydroxyl groups is 5. The van der Waals surface area contributed by atoms with Crippen molar-refractivity contribution < 1.29 is 111 Å². The Morgan fingerprint density at radius 2 is 1.33 bits per heavy atom. The molecule has 1 unspecified atom stereocenters. The summed E-state index contributed by atoms with van der Waals surface area (Å²) in [5.41, 5.74) is -4.42. The van der Waals surface area contributed by atoms with Crippen molar-refractivity contribution in [2.24, 2.45) is 46.8 Å². The highest BCUT2D eigenvalue weighted by Crippen LogP contribution is 2.61. The van der Waals surface area contributed by atoms with Gasteiger partial charge in [0.25, 0.3) is 0 Å². The van der Waals surface area contributed by atoms with Crippen LogP contribution in [0.1, 0.15) is 154 Å². The third kappa shape index (κ3) is 14.3. The SMILES string of the molecule is COC(=O)N[C@H]1[C@@H](C)O[C@@H](O[C@H]2C/C=C(\C)[C@@H]3C=C[C@@H]4[C@@H](O[C@H]5C[C@@H](O[C@H]6CC[C@@H](O[C@@H]7C[C@@H](O)[C@@H](O[C@H]8CC[C@@H](O)[C@H](C)O8)[C@H](C)O7)[C@H](C)O6)[C@@H](OC(C)=O)[C@H](C)O5)[C@@H](C)C[C@H](C)[C@H]4[C@]3(C)C(O)=C3C(=O)O[C@]4(C[C@H](CO)C[C@H](O)C4/C=C\2C)C3=O)C[C@]1(C)N([O-])O. The number of methoxy groups -OCH3 is 1. The molecule has 10 rings (SSSR count). The number of alkyl carbamates (subject to hydrolysis) is 1. The van der Waals surface area contributed by atoms with Crippen LogP contribution in [-0.4, -0.2) is 208 Å². The van der Waals surface area contributed by atoms with Crippen LogP contribution in [0.2, 0.25) is 0 Å². The maximum absolute atomic E-state index is 15.6. The zero-order chi connectivity index (χ0) is 67.5. The second kappa shape index (κ2) is 28.8. The first-order valence-electron chi connectivity index (χ1n) is 33.5. The predicted molar refractivity (Wildman–Crippen MR) is 326 cm³/mol. The molecule has 2 bridgehead atoms. The molecule has 524 valence electrons. The lowest BCUT2D eigenvalue weighted by Crippen LogP contribution is -2.67. The summed E-state index contributed by atoms with van der Waals surface area (Å²) in [5.74, 6) is -6.63. The Morgan fingerprint density at radius 1 is 0.699 bits per heavy atom. The highest BCUT2D eigenvalue weighted by Gasteiger charge is 2.65. The van der Waals surface area contributed by atoms with Gasteiger partial charge in [0.2, 0.25) is 5.78 Å². The van der Waals surface area contributed by atoms with Crippen molar-refractivity contribution >= 4 is 23.8 Å². The Morgan fingerprint density at radius 3 is 1.99 bits per heavy atom. The smallest absolute Gasteiger partial charge is 0.407 e. The monoisotopic (exact) mass is 1320 g/mol. The molecule has 10 aliphatic rings. The van der Waals surface area contributed by atoms with Crippen molar-refractivity contribution in [3.05, 3.63) is 52.0 Å². The number of hydrogen-bond donors (Lipinski definition) is 7. The van der Waals surface area contributed by atoms with Gasteiger partial charge in [-0.05, 0) is 117 Å². The fourth-order valence-electron chi connectivity index (χ4n) is 17.4. The van der Waals surface area contributed by atoms with Crippen LogP contribution in [0.5, 0.6) is 0 Å². The highest BCUT2D eigenvalue weighted by molar-refractivity contribution is 6.26. The van der Waals surface area contributed by atoms with Crippen LogP contribution in [0.15, 0.2) is 46.8 Å². The summed E-state index contributed by atoms with van der Waals surface area (Å²) >= 11 is 0. The van der Waals surface area contributed by atoms with Crippen LogP contribution in [0.3, 0.4) is 0 Å². The summed E-state index contributed by atoms with van der Waals surface area (Å²) in [6, 6.07) is -1.05. The predicted octanol–water partition coefficient (Wildman–Crippen LogP) is 6.15. The lowest BCUT2D eigenvalue weighted by Gasteiger charge is -2.56. The molecule has 1 spiro atoms. The number of hydrogen-bond acceptors (Lipinski definition) is 25. The Hall–Kier alpha value is -4.04. The third-order valence-electron chi connectivity index (χ3n) is 22.2. The topological polar surface area (TPSA) is 348 Å². The largest absolute Gasteiger partial charge is 0.762 e. The molecular weight excluding hydrogens is 1220 g/mol. The molecule has 93 heavy (non-hydrogen) atoms. The number of nitrogens with one attached hydrogen (secondary N) is 1. The minimum absolute atomic E-state index is 0.0574. The maximum Gasteiger partial charge on any atom is 0.407 e. The molecule has 0 aromatic rings. The van der Waals surface area contributed by atoms with Gasteiger partial charge in [-0.2, -0.15) is 0 Å². The number of aliphatic hydroxyl groups excluding tert-OH is 5. The van der Waals surface area contributed by atoms with E-state index in [4.69, 9.17) is 61.6 Å². The van der Waals surface area contributed by atoms with E-state index in [0.29, 0.717) is 37.7 Å². The maximum atomic E-state index is 15.6. The molecule has 26 heteroatoms. The van der Waals surface area contributed by atoms with Gasteiger partial charge in [-0.1, -0.05) is 50.6 Å². The summed E-state index contributed by atoms with van der Waals surface area (Å²) in [4.78, 5) is 55.6. The molecule has 1 amide bonds. The number of nitrogens with zero attached hydrogens (tertiary/aromatic N) is 1. The number of Topliss-reactive ketones (excluding diaryl/α,β-unsaturated/α-hetero) is 1. The fraction of sp³-hybridized carbons (Fsp3) is 0.821. The van der Waals surface area contributed by atoms with Crippen LogP contribution in [0.25, 0.3) is 0 Å². The number of fused-ring (bicyclic) bond motifs is 4. The average Bonchev–Trinajstić information content (AvgIpc) is 1.68. The summed E-state index contributed by atoms with van der Waals surface area (Å²) in [5, 5.41) is 83.3. The Bertz CT molecular complexity index is 2800. The van der Waals surface area contributed by atoms with Gasteiger partial charge in [0, 0.05) is 69.3 Å². The lowest BCUT2D eigenvalue weighted by molar-refractivity contribution is -0.331. The van der Waals surface area contributed by atoms with Crippen LogP contribution in [0, 0.1) is 52.0 Å². The first-order valence-corrected chi connectivity index (χ1v) is 33.5. The first kappa shape index (κ1) is 71.7. The Kier molecular flexibility index (Phi) is 22.2. The minimum Gasteiger partial charge on any atom is -0.762 e. The van der Waals surface area contributed by atoms with Gasteiger partial charge < -0.3 is 103 Å². The number of ketones is 1. The summed E-state index contributed by atoms with van der Waals surface area (Å²) in [7, 11) is 1.17. The Balaban J connectivity index is 0.902. The van der Waals surface area contributed by atoms with Gasteiger partial charge in [0.05, 0.1) is 91.8 Å². The summed E-state index contributed by atoms with van der Waals surface area (Å²) in [6.07, 6.45) is -4.69. The van der Waals surface area contributed by atoms with Crippen LogP contribution >= 0.6 is 0 Å². The standard InChI is InChI=1S/C67H101N2O24/c1-30-14-18-47(88-54-28-65(11,69(79)80)60(38(9)86-54)68-64(78)81-13)31(2)23-43-45(73)24-40(29-70)27-67(43)62(76)55(63(77)93-67)61(75)66(12)42(30)16-15-41-56(66)32(3)22-33(4)57(41)92-53-26-49(59(37(8)85-53)87-39(10)71)90-50-21-19-48(35(6)83-50)89-52-25-46(74)58(36(7)84-52)91-51-20-17-44(72)34(5)82-51/h14-16,23,32-38,40-54,56-60,70,72-75,79H,17-22,24-29H2,1-13H3,(H,68,78)/q-1/b30-14+,31-23-,61-55?/t32-,33-,34-,35-,36-,37-,38+,40+,41-,42-,43?,44+,45-,46+,47-,48+,49+,50-,51-,52+,53-,54-,56+,57-,58-,59-,60-,65-,66+,67-/m0/s1. The normalized spacial score (nSPS) is 48.4. The molecule has 8 fully saturated rings. The molecule has 6 aliphatic heterocycles. The van der Waals surface area contributed by atoms with E-state index in [1.807, 2.05) is 39.8 Å². The van der Waals surface area contributed by atoms with Crippen molar-refractivity contribution in [2.75, 3.05) is 13.7 Å². The number of hydroxylamine groups is 2. The van der Waals surface area contributed by atoms with E-state index in [1.54, 1.807) is 33.8 Å². The van der Waals surface area contributed by atoms with Gasteiger partial charge in [-0.15, -0.1) is 0 Å². The molecule has 7 N–H and O–H groups in total. The van der Waals surface area contributed by atoms with E-state index in [2.05, 4.69) is 25.2 Å². The van der Waals surface area contributed by atoms with Crippen molar-refractivity contribution in [3.8, 4) is 0 Å². The molecule has 2 saturated carbocycles. The van der Waals surface area contributed by atoms with Crippen LogP contribution in [-0.2, 0) is 76.0 Å². The quantitative estimate of drug-likeness (QED) is 0.0337. The molecule has 0 aromatic heterocycles. The average molecular weight is 1320 g/mol. The molecule has 0 radical (unpaired) electrons. The van der Waals surface area contributed by atoms with Gasteiger partial charge in [0.15, 0.2) is 43.2 Å². The fourth-order valence-corrected chi connectivity index (χ4v) is 17.4. The van der Waals surface area contributed by atoms with Crippen molar-refractivity contribution in [3.63, 3.8) is 0 Å². The number of carbonyl (C=O) groups excluding carboxylic acids is 4. The second-order valence-electron chi connectivity index (χ2n) is 28.8. The molecule has 6 heterocycles. The molecule has 0 aromatic carbocycles. The first-order chi connectivity index (χ1) is 43.9. The third-order valence-corrected chi connectivity index (χ3v) is 22.2. The molecule has 30 atom stereocenters. The Labute approximate surface area is 544 Å².